The fourth-order valence-electron chi connectivity index (χ4n) is 4.54. The van der Waals surface area contributed by atoms with Crippen LogP contribution in [-0.2, 0) is 14.3 Å². The van der Waals surface area contributed by atoms with Gasteiger partial charge in [0.1, 0.15) is 12.6 Å². The molecule has 2 aliphatic rings. The number of fused-ring (bicyclic) bond motifs is 3. The molecule has 1 unspecified atom stereocenters. The largest absolute Gasteiger partial charge is 0.481 e. The fraction of sp³-hybridized carbons (Fsp3) is 0.400. The van der Waals surface area contributed by atoms with E-state index in [1.165, 1.54) is 0 Å². The molecule has 2 aliphatic carbocycles. The summed E-state index contributed by atoms with van der Waals surface area (Å²) in [7, 11) is 0. The van der Waals surface area contributed by atoms with Crippen molar-refractivity contribution in [3.8, 4) is 11.1 Å². The lowest BCUT2D eigenvalue weighted by atomic mass is 9.78. The lowest BCUT2D eigenvalue weighted by molar-refractivity contribution is -0.139. The van der Waals surface area contributed by atoms with Crippen LogP contribution in [0.15, 0.2) is 48.5 Å². The molecule has 1 fully saturated rings. The van der Waals surface area contributed by atoms with Crippen LogP contribution in [-0.4, -0.2) is 53.0 Å². The smallest absolute Gasteiger partial charge is 0.407 e. The van der Waals surface area contributed by atoms with E-state index in [1.54, 1.807) is 0 Å². The number of aliphatic carboxylic acids is 1. The summed E-state index contributed by atoms with van der Waals surface area (Å²) in [5.74, 6) is -1.97. The van der Waals surface area contributed by atoms with Gasteiger partial charge in [0.25, 0.3) is 0 Å². The van der Waals surface area contributed by atoms with Crippen LogP contribution >= 0.6 is 0 Å². The number of ether oxygens (including phenoxy) is 1. The van der Waals surface area contributed by atoms with Crippen LogP contribution in [0.5, 0.6) is 0 Å². The van der Waals surface area contributed by atoms with Crippen LogP contribution < -0.4 is 10.6 Å². The minimum Gasteiger partial charge on any atom is -0.481 e. The van der Waals surface area contributed by atoms with Gasteiger partial charge in [-0.3, -0.25) is 9.59 Å². The maximum Gasteiger partial charge on any atom is 0.407 e. The van der Waals surface area contributed by atoms with Gasteiger partial charge < -0.3 is 25.6 Å². The minimum atomic E-state index is -1.27. The fourth-order valence-corrected chi connectivity index (χ4v) is 4.54. The van der Waals surface area contributed by atoms with Crippen LogP contribution in [0.2, 0.25) is 0 Å². The molecule has 2 amide bonds. The van der Waals surface area contributed by atoms with Crippen LogP contribution in [0.3, 0.4) is 0 Å². The Morgan fingerprint density at radius 2 is 1.64 bits per heavy atom. The third-order valence-corrected chi connectivity index (χ3v) is 6.50. The van der Waals surface area contributed by atoms with Crippen molar-refractivity contribution in [2.45, 2.75) is 49.7 Å². The molecule has 0 radical (unpaired) electrons. The number of carboxylic acids is 1. The zero-order valence-electron chi connectivity index (χ0n) is 18.3. The molecule has 33 heavy (non-hydrogen) atoms. The van der Waals surface area contributed by atoms with Gasteiger partial charge >= 0.3 is 12.1 Å². The lowest BCUT2D eigenvalue weighted by Gasteiger charge is -2.36. The Balaban J connectivity index is 1.35. The topological polar surface area (TPSA) is 125 Å². The molecule has 2 aromatic carbocycles. The summed E-state index contributed by atoms with van der Waals surface area (Å²) in [6.45, 7) is 0.270. The predicted octanol–water partition coefficient (Wildman–Crippen LogP) is 2.79. The van der Waals surface area contributed by atoms with Gasteiger partial charge in [0, 0.05) is 12.5 Å². The van der Waals surface area contributed by atoms with Crippen molar-refractivity contribution in [2.24, 2.45) is 0 Å². The molecule has 174 valence electrons. The Hall–Kier alpha value is -3.39. The van der Waals surface area contributed by atoms with E-state index in [2.05, 4.69) is 10.6 Å². The maximum atomic E-state index is 12.5. The lowest BCUT2D eigenvalue weighted by Crippen LogP contribution is -2.49. The molecule has 0 bridgehead atoms. The second kappa shape index (κ2) is 9.62. The number of hydrogen-bond donors (Lipinski definition) is 4. The van der Waals surface area contributed by atoms with Crippen molar-refractivity contribution >= 4 is 18.0 Å². The number of amides is 2. The average molecular weight is 453 g/mol. The van der Waals surface area contributed by atoms with Crippen LogP contribution in [0.25, 0.3) is 11.1 Å². The van der Waals surface area contributed by atoms with Crippen molar-refractivity contribution in [3.63, 3.8) is 0 Å². The molecule has 2 aromatic rings. The predicted molar refractivity (Wildman–Crippen MR) is 121 cm³/mol. The summed E-state index contributed by atoms with van der Waals surface area (Å²) >= 11 is 0. The van der Waals surface area contributed by atoms with E-state index in [4.69, 9.17) is 9.84 Å². The van der Waals surface area contributed by atoms with Gasteiger partial charge in [0.05, 0.1) is 12.0 Å². The highest BCUT2D eigenvalue weighted by molar-refractivity contribution is 5.89. The van der Waals surface area contributed by atoms with Crippen molar-refractivity contribution in [1.29, 1.82) is 0 Å². The molecular formula is C25H28N2O6. The van der Waals surface area contributed by atoms with Crippen molar-refractivity contribution < 1.29 is 29.3 Å². The van der Waals surface area contributed by atoms with E-state index in [9.17, 15) is 19.5 Å². The number of rotatable bonds is 9. The number of nitrogens with one attached hydrogen (secondary N) is 2. The van der Waals surface area contributed by atoms with E-state index >= 15 is 0 Å². The summed E-state index contributed by atoms with van der Waals surface area (Å²) in [5.41, 5.74) is 3.55. The first-order valence-corrected chi connectivity index (χ1v) is 11.2. The Kier molecular flexibility index (Phi) is 6.65. The standard InChI is InChI=1S/C25H28N2O6/c28-22(29)14-21(23(30)26-13-12-25(32)10-5-11-25)27-24(31)33-15-20-18-8-3-1-6-16(18)17-7-2-4-9-19(17)20/h1-4,6-9,20-21,32H,5,10-15H2,(H,26,30)(H,27,31)(H,28,29). The number of alkyl carbamates (subject to hydrolysis) is 1. The first-order chi connectivity index (χ1) is 15.9. The van der Waals surface area contributed by atoms with E-state index < -0.39 is 36.0 Å². The number of carboxylic acid groups (broad SMARTS) is 1. The van der Waals surface area contributed by atoms with Crippen LogP contribution in [0.1, 0.15) is 49.1 Å². The first-order valence-electron chi connectivity index (χ1n) is 11.2. The number of carbonyl (C=O) groups excluding carboxylic acids is 2. The molecule has 8 nitrogen and oxygen atoms in total. The molecule has 0 aliphatic heterocycles. The van der Waals surface area contributed by atoms with Crippen molar-refractivity contribution in [2.75, 3.05) is 13.2 Å². The summed E-state index contributed by atoms with van der Waals surface area (Å²) in [4.78, 5) is 36.1. The van der Waals surface area contributed by atoms with Crippen LogP contribution in [0, 0.1) is 0 Å². The number of benzene rings is 2. The van der Waals surface area contributed by atoms with Gasteiger partial charge in [-0.1, -0.05) is 48.5 Å². The zero-order valence-corrected chi connectivity index (χ0v) is 18.3. The molecular weight excluding hydrogens is 424 g/mol. The Morgan fingerprint density at radius 3 is 2.18 bits per heavy atom. The van der Waals surface area contributed by atoms with E-state index in [0.29, 0.717) is 19.3 Å². The highest BCUT2D eigenvalue weighted by Gasteiger charge is 2.34. The monoisotopic (exact) mass is 452 g/mol. The van der Waals surface area contributed by atoms with Gasteiger partial charge in [-0.25, -0.2) is 4.79 Å². The van der Waals surface area contributed by atoms with E-state index in [-0.39, 0.29) is 19.1 Å². The summed E-state index contributed by atoms with van der Waals surface area (Å²) in [6, 6.07) is 14.6. The van der Waals surface area contributed by atoms with Crippen molar-refractivity contribution in [3.05, 3.63) is 59.7 Å². The molecule has 1 atom stereocenters. The highest BCUT2D eigenvalue weighted by atomic mass is 16.5. The summed E-state index contributed by atoms with van der Waals surface area (Å²) in [6.07, 6.45) is 1.31. The molecule has 0 aromatic heterocycles. The van der Waals surface area contributed by atoms with Gasteiger partial charge in [0.15, 0.2) is 0 Å². The average Bonchev–Trinajstić information content (AvgIpc) is 3.09. The highest BCUT2D eigenvalue weighted by Crippen LogP contribution is 2.44. The third kappa shape index (κ3) is 5.17. The van der Waals surface area contributed by atoms with Gasteiger partial charge in [0.2, 0.25) is 5.91 Å². The van der Waals surface area contributed by atoms with E-state index in [0.717, 1.165) is 28.7 Å². The second-order valence-electron chi connectivity index (χ2n) is 8.74. The molecule has 0 spiro atoms. The number of hydrogen-bond acceptors (Lipinski definition) is 5. The Labute approximate surface area is 192 Å². The minimum absolute atomic E-state index is 0.0638. The van der Waals surface area contributed by atoms with Gasteiger partial charge in [-0.15, -0.1) is 0 Å². The molecule has 4 rings (SSSR count). The summed E-state index contributed by atoms with van der Waals surface area (Å²) in [5, 5.41) is 24.3. The zero-order chi connectivity index (χ0) is 23.4. The summed E-state index contributed by atoms with van der Waals surface area (Å²) < 4.78 is 5.42. The normalized spacial score (nSPS) is 16.6. The van der Waals surface area contributed by atoms with Crippen LogP contribution in [0.4, 0.5) is 4.79 Å². The number of aliphatic hydroxyl groups is 1. The third-order valence-electron chi connectivity index (χ3n) is 6.50. The van der Waals surface area contributed by atoms with E-state index in [1.807, 2.05) is 48.5 Å². The quantitative estimate of drug-likeness (QED) is 0.464. The maximum absolute atomic E-state index is 12.5. The molecule has 1 saturated carbocycles. The Bertz CT molecular complexity index is 1000. The molecule has 0 saturated heterocycles. The van der Waals surface area contributed by atoms with Crippen molar-refractivity contribution in [1.82, 2.24) is 10.6 Å². The SMILES string of the molecule is O=C(O)CC(NC(=O)OCC1c2ccccc2-c2ccccc21)C(=O)NCCC1(O)CCC1. The number of carbonyl (C=O) groups is 3. The van der Waals surface area contributed by atoms with Gasteiger partial charge in [-0.2, -0.15) is 0 Å². The van der Waals surface area contributed by atoms with Gasteiger partial charge in [-0.05, 0) is 47.9 Å². The molecule has 0 heterocycles. The molecule has 4 N–H and O–H groups in total. The molecule has 8 heteroatoms. The second-order valence-corrected chi connectivity index (χ2v) is 8.74. The first kappa shape index (κ1) is 22.8. The Morgan fingerprint density at radius 1 is 1.03 bits per heavy atom.